The number of nitrogens with one attached hydrogen (secondary N) is 2. The third-order valence-corrected chi connectivity index (χ3v) is 7.09. The molecule has 0 saturated carbocycles. The summed E-state index contributed by atoms with van der Waals surface area (Å²) in [6.45, 7) is 1.76. The number of anilines is 2. The highest BCUT2D eigenvalue weighted by molar-refractivity contribution is 7.89. The molecule has 4 rings (SSSR count). The number of nitrogens with zero attached hydrogens (tertiary/aromatic N) is 1. The van der Waals surface area contributed by atoms with Crippen molar-refractivity contribution in [3.8, 4) is 5.75 Å². The van der Waals surface area contributed by atoms with Crippen LogP contribution in [0, 0.1) is 6.92 Å². The van der Waals surface area contributed by atoms with Gasteiger partial charge in [-0.15, -0.1) is 0 Å². The first-order chi connectivity index (χ1) is 13.9. The fourth-order valence-corrected chi connectivity index (χ4v) is 5.54. The highest BCUT2D eigenvalue weighted by Crippen LogP contribution is 2.36. The Bertz CT molecular complexity index is 1070. The van der Waals surface area contributed by atoms with Gasteiger partial charge in [-0.05, 0) is 43.5 Å². The van der Waals surface area contributed by atoms with E-state index in [1.54, 1.807) is 37.3 Å². The van der Waals surface area contributed by atoms with Crippen molar-refractivity contribution < 1.29 is 22.7 Å². The lowest BCUT2D eigenvalue weighted by molar-refractivity contribution is -0.119. The average Bonchev–Trinajstić information content (AvgIpc) is 3.19. The third-order valence-electron chi connectivity index (χ3n) is 5.04. The van der Waals surface area contributed by atoms with Gasteiger partial charge in [0.1, 0.15) is 11.8 Å². The van der Waals surface area contributed by atoms with E-state index in [1.165, 1.54) is 10.4 Å². The van der Waals surface area contributed by atoms with Crippen LogP contribution >= 0.6 is 0 Å². The van der Waals surface area contributed by atoms with E-state index >= 15 is 0 Å². The van der Waals surface area contributed by atoms with E-state index in [4.69, 9.17) is 4.74 Å². The van der Waals surface area contributed by atoms with Gasteiger partial charge in [-0.25, -0.2) is 8.42 Å². The van der Waals surface area contributed by atoms with E-state index in [1.807, 2.05) is 6.07 Å². The number of benzene rings is 2. The summed E-state index contributed by atoms with van der Waals surface area (Å²) in [5.41, 5.74) is 1.54. The summed E-state index contributed by atoms with van der Waals surface area (Å²) in [5, 5.41) is 5.46. The molecule has 1 saturated heterocycles. The van der Waals surface area contributed by atoms with E-state index in [0.29, 0.717) is 35.5 Å². The number of aryl methyl sites for hydroxylation is 1. The summed E-state index contributed by atoms with van der Waals surface area (Å²) in [6, 6.07) is 11.2. The van der Waals surface area contributed by atoms with Gasteiger partial charge < -0.3 is 15.4 Å². The second-order valence-electron chi connectivity index (χ2n) is 7.08. The molecule has 2 aliphatic heterocycles. The average molecular weight is 415 g/mol. The Hall–Kier alpha value is -2.91. The number of sulfonamides is 1. The molecular weight excluding hydrogens is 394 g/mol. The van der Waals surface area contributed by atoms with Crippen molar-refractivity contribution in [3.05, 3.63) is 48.0 Å². The van der Waals surface area contributed by atoms with Crippen molar-refractivity contribution in [2.45, 2.75) is 30.7 Å². The minimum absolute atomic E-state index is 0.0758. The van der Waals surface area contributed by atoms with Gasteiger partial charge in [-0.3, -0.25) is 9.59 Å². The van der Waals surface area contributed by atoms with Crippen molar-refractivity contribution in [2.24, 2.45) is 0 Å². The van der Waals surface area contributed by atoms with E-state index in [9.17, 15) is 18.0 Å². The van der Waals surface area contributed by atoms with E-state index in [-0.39, 0.29) is 29.9 Å². The zero-order valence-electron chi connectivity index (χ0n) is 15.8. The van der Waals surface area contributed by atoms with Crippen molar-refractivity contribution in [3.63, 3.8) is 0 Å². The van der Waals surface area contributed by atoms with E-state index in [2.05, 4.69) is 10.6 Å². The zero-order valence-corrected chi connectivity index (χ0v) is 16.7. The van der Waals surface area contributed by atoms with Gasteiger partial charge in [0.25, 0.3) is 5.91 Å². The first kappa shape index (κ1) is 19.4. The number of ether oxygens (including phenoxy) is 1. The van der Waals surface area contributed by atoms with Crippen LogP contribution < -0.4 is 15.4 Å². The second-order valence-corrected chi connectivity index (χ2v) is 8.94. The van der Waals surface area contributed by atoms with Gasteiger partial charge in [0.15, 0.2) is 6.61 Å². The van der Waals surface area contributed by atoms with Crippen molar-refractivity contribution in [1.82, 2.24) is 4.31 Å². The molecule has 0 aromatic heterocycles. The Kier molecular flexibility index (Phi) is 5.01. The Morgan fingerprint density at radius 1 is 1.24 bits per heavy atom. The van der Waals surface area contributed by atoms with Crippen LogP contribution in [0.3, 0.4) is 0 Å². The monoisotopic (exact) mass is 415 g/mol. The van der Waals surface area contributed by atoms with Crippen LogP contribution in [-0.2, 0) is 19.6 Å². The van der Waals surface area contributed by atoms with Crippen LogP contribution in [0.1, 0.15) is 18.4 Å². The predicted octanol–water partition coefficient (Wildman–Crippen LogP) is 2.12. The molecule has 2 heterocycles. The summed E-state index contributed by atoms with van der Waals surface area (Å²) >= 11 is 0. The second kappa shape index (κ2) is 7.49. The Labute approximate surface area is 168 Å². The van der Waals surface area contributed by atoms with Gasteiger partial charge in [0.05, 0.1) is 10.6 Å². The lowest BCUT2D eigenvalue weighted by Crippen LogP contribution is -2.43. The third kappa shape index (κ3) is 3.70. The standard InChI is InChI=1S/C20H21N3O5S/c1-13-10-15-17(28-12-19(24)22-15)11-18(13)29(26,27)23-9-5-8-16(23)20(25)21-14-6-3-2-4-7-14/h2-4,6-7,10-11,16H,5,8-9,12H2,1H3,(H,21,25)(H,22,24)/t16-/m1/s1. The molecular formula is C20H21N3O5S. The van der Waals surface area contributed by atoms with Gasteiger partial charge in [-0.2, -0.15) is 4.31 Å². The molecule has 0 aliphatic carbocycles. The van der Waals surface area contributed by atoms with Crippen LogP contribution in [0.15, 0.2) is 47.4 Å². The van der Waals surface area contributed by atoms with E-state index in [0.717, 1.165) is 0 Å². The molecule has 2 aliphatic rings. The highest BCUT2D eigenvalue weighted by Gasteiger charge is 2.40. The quantitative estimate of drug-likeness (QED) is 0.796. The molecule has 0 radical (unpaired) electrons. The number of hydrogen-bond donors (Lipinski definition) is 2. The lowest BCUT2D eigenvalue weighted by atomic mass is 10.2. The number of fused-ring (bicyclic) bond motifs is 1. The Balaban J connectivity index is 1.62. The number of carbonyl (C=O) groups excluding carboxylic acids is 2. The first-order valence-electron chi connectivity index (χ1n) is 9.31. The smallest absolute Gasteiger partial charge is 0.262 e. The maximum atomic E-state index is 13.4. The predicted molar refractivity (Wildman–Crippen MR) is 107 cm³/mol. The zero-order chi connectivity index (χ0) is 20.6. The van der Waals surface area contributed by atoms with Gasteiger partial charge in [0.2, 0.25) is 15.9 Å². The summed E-state index contributed by atoms with van der Waals surface area (Å²) in [5.74, 6) is -0.334. The number of para-hydroxylation sites is 1. The number of carbonyl (C=O) groups is 2. The van der Waals surface area contributed by atoms with Gasteiger partial charge in [0, 0.05) is 18.3 Å². The molecule has 2 aromatic rings. The number of rotatable bonds is 4. The normalized spacial score (nSPS) is 19.2. The molecule has 2 aromatic carbocycles. The maximum Gasteiger partial charge on any atom is 0.262 e. The molecule has 0 unspecified atom stereocenters. The van der Waals surface area contributed by atoms with Crippen molar-refractivity contribution in [1.29, 1.82) is 0 Å². The molecule has 1 atom stereocenters. The van der Waals surface area contributed by atoms with Crippen LogP contribution in [0.4, 0.5) is 11.4 Å². The Morgan fingerprint density at radius 3 is 2.76 bits per heavy atom. The fourth-order valence-electron chi connectivity index (χ4n) is 3.66. The highest BCUT2D eigenvalue weighted by atomic mass is 32.2. The summed E-state index contributed by atoms with van der Waals surface area (Å²) < 4.78 is 33.4. The van der Waals surface area contributed by atoms with Gasteiger partial charge >= 0.3 is 0 Å². The number of hydrogen-bond acceptors (Lipinski definition) is 5. The molecule has 1 fully saturated rings. The first-order valence-corrected chi connectivity index (χ1v) is 10.8. The van der Waals surface area contributed by atoms with Crippen molar-refractivity contribution >= 4 is 33.2 Å². The number of amides is 2. The topological polar surface area (TPSA) is 105 Å². The minimum atomic E-state index is -3.92. The SMILES string of the molecule is Cc1cc2c(cc1S(=O)(=O)N1CCC[C@@H]1C(=O)Nc1ccccc1)OCC(=O)N2. The van der Waals surface area contributed by atoms with Crippen LogP contribution in [0.2, 0.25) is 0 Å². The molecule has 0 bridgehead atoms. The summed E-state index contributed by atoms with van der Waals surface area (Å²) in [4.78, 5) is 24.3. The minimum Gasteiger partial charge on any atom is -0.482 e. The van der Waals surface area contributed by atoms with Crippen LogP contribution in [0.5, 0.6) is 5.75 Å². The molecule has 8 nitrogen and oxygen atoms in total. The van der Waals surface area contributed by atoms with E-state index < -0.39 is 16.1 Å². The molecule has 2 N–H and O–H groups in total. The lowest BCUT2D eigenvalue weighted by Gasteiger charge is -2.26. The van der Waals surface area contributed by atoms with Crippen molar-refractivity contribution in [2.75, 3.05) is 23.8 Å². The summed E-state index contributed by atoms with van der Waals surface area (Å²) in [6.07, 6.45) is 1.05. The maximum absolute atomic E-state index is 13.4. The van der Waals surface area contributed by atoms with Crippen LogP contribution in [0.25, 0.3) is 0 Å². The fraction of sp³-hybridized carbons (Fsp3) is 0.300. The molecule has 9 heteroatoms. The van der Waals surface area contributed by atoms with Crippen LogP contribution in [-0.4, -0.2) is 43.7 Å². The van der Waals surface area contributed by atoms with Gasteiger partial charge in [-0.1, -0.05) is 18.2 Å². The summed E-state index contributed by atoms with van der Waals surface area (Å²) in [7, 11) is -3.92. The molecule has 152 valence electrons. The molecule has 2 amide bonds. The molecule has 0 spiro atoms. The molecule has 29 heavy (non-hydrogen) atoms. The largest absolute Gasteiger partial charge is 0.482 e. The Morgan fingerprint density at radius 2 is 2.00 bits per heavy atom.